The third-order valence-corrected chi connectivity index (χ3v) is 2.36. The summed E-state index contributed by atoms with van der Waals surface area (Å²) in [4.78, 5) is 12.5. The Balaban J connectivity index is 1.85. The molecule has 0 aliphatic carbocycles. The van der Waals surface area contributed by atoms with Crippen LogP contribution in [0.2, 0.25) is 0 Å². The number of halogens is 2. The summed E-state index contributed by atoms with van der Waals surface area (Å²) in [5.41, 5.74) is 0. The van der Waals surface area contributed by atoms with Gasteiger partial charge in [0, 0.05) is 6.61 Å². The summed E-state index contributed by atoms with van der Waals surface area (Å²) in [5, 5.41) is 0. The number of alkyl halides is 2. The molecule has 74 valence electrons. The van der Waals surface area contributed by atoms with Gasteiger partial charge < -0.3 is 9.64 Å². The molecule has 2 fully saturated rings. The quantitative estimate of drug-likeness (QED) is 0.608. The summed E-state index contributed by atoms with van der Waals surface area (Å²) < 4.78 is 29.9. The summed E-state index contributed by atoms with van der Waals surface area (Å²) in [6.45, 7) is -0.308. The molecule has 0 aromatic heterocycles. The molecule has 0 aromatic rings. The molecule has 3 nitrogen and oxygen atoms in total. The van der Waals surface area contributed by atoms with Crippen molar-refractivity contribution < 1.29 is 18.3 Å². The molecular formula is C8H11F2NO2. The van der Waals surface area contributed by atoms with Crippen LogP contribution in [0.15, 0.2) is 0 Å². The number of rotatable bonds is 1. The van der Waals surface area contributed by atoms with E-state index in [2.05, 4.69) is 0 Å². The molecule has 2 aliphatic heterocycles. The average molecular weight is 191 g/mol. The molecule has 1 atom stereocenters. The number of carbonyl (C=O) groups is 1. The fourth-order valence-corrected chi connectivity index (χ4v) is 1.64. The minimum atomic E-state index is -2.67. The predicted octanol–water partition coefficient (Wildman–Crippen LogP) is 0.643. The Hall–Kier alpha value is -0.710. The van der Waals surface area contributed by atoms with Gasteiger partial charge in [-0.3, -0.25) is 4.79 Å². The van der Waals surface area contributed by atoms with E-state index in [9.17, 15) is 13.6 Å². The lowest BCUT2D eigenvalue weighted by Crippen LogP contribution is -2.60. The molecule has 0 saturated carbocycles. The maximum Gasteiger partial charge on any atom is 0.282 e. The minimum absolute atomic E-state index is 0.275. The Morgan fingerprint density at radius 1 is 1.46 bits per heavy atom. The first-order valence-corrected chi connectivity index (χ1v) is 4.37. The number of hydrogen-bond acceptors (Lipinski definition) is 2. The van der Waals surface area contributed by atoms with Crippen LogP contribution in [0.25, 0.3) is 0 Å². The minimum Gasteiger partial charge on any atom is -0.368 e. The van der Waals surface area contributed by atoms with E-state index in [1.807, 2.05) is 0 Å². The standard InChI is InChI=1S/C8H11F2NO2/c9-8(10)4-11(5-8)7(12)6-2-1-3-13-6/h6H,1-5H2/t6-/m0/s1. The smallest absolute Gasteiger partial charge is 0.282 e. The molecule has 0 N–H and O–H groups in total. The Labute approximate surface area is 74.6 Å². The number of ether oxygens (including phenoxy) is 1. The Kier molecular flexibility index (Phi) is 1.98. The van der Waals surface area contributed by atoms with Crippen molar-refractivity contribution >= 4 is 5.91 Å². The lowest BCUT2D eigenvalue weighted by Gasteiger charge is -2.39. The van der Waals surface area contributed by atoms with Crippen molar-refractivity contribution in [2.24, 2.45) is 0 Å². The predicted molar refractivity (Wildman–Crippen MR) is 40.5 cm³/mol. The highest BCUT2D eigenvalue weighted by molar-refractivity contribution is 5.82. The molecular weight excluding hydrogens is 180 g/mol. The summed E-state index contributed by atoms with van der Waals surface area (Å²) in [5.74, 6) is -2.95. The maximum absolute atomic E-state index is 12.4. The van der Waals surface area contributed by atoms with Gasteiger partial charge in [-0.25, -0.2) is 8.78 Å². The molecule has 5 heteroatoms. The number of likely N-dealkylation sites (tertiary alicyclic amines) is 1. The second-order valence-corrected chi connectivity index (χ2v) is 3.55. The third kappa shape index (κ3) is 1.65. The number of carbonyl (C=O) groups excluding carboxylic acids is 1. The van der Waals surface area contributed by atoms with Gasteiger partial charge in [-0.05, 0) is 12.8 Å². The van der Waals surface area contributed by atoms with Crippen molar-refractivity contribution in [3.63, 3.8) is 0 Å². The van der Waals surface area contributed by atoms with E-state index in [0.717, 1.165) is 11.3 Å². The maximum atomic E-state index is 12.4. The normalized spacial score (nSPS) is 31.5. The third-order valence-electron chi connectivity index (χ3n) is 2.36. The van der Waals surface area contributed by atoms with Gasteiger partial charge in [0.25, 0.3) is 11.8 Å². The van der Waals surface area contributed by atoms with Crippen molar-refractivity contribution in [3.8, 4) is 0 Å². The second kappa shape index (κ2) is 2.90. The van der Waals surface area contributed by atoms with Gasteiger partial charge in [0.15, 0.2) is 0 Å². The summed E-state index contributed by atoms with van der Waals surface area (Å²) in [7, 11) is 0. The van der Waals surface area contributed by atoms with E-state index < -0.39 is 25.1 Å². The number of amides is 1. The monoisotopic (exact) mass is 191 g/mol. The van der Waals surface area contributed by atoms with E-state index in [0.29, 0.717) is 13.0 Å². The summed E-state index contributed by atoms with van der Waals surface area (Å²) in [6, 6.07) is 0. The Bertz CT molecular complexity index is 218. The average Bonchev–Trinajstić information content (AvgIpc) is 2.50. The zero-order valence-corrected chi connectivity index (χ0v) is 7.13. The lowest BCUT2D eigenvalue weighted by molar-refractivity contribution is -0.173. The van der Waals surface area contributed by atoms with Gasteiger partial charge in [-0.1, -0.05) is 0 Å². The van der Waals surface area contributed by atoms with Gasteiger partial charge in [0.05, 0.1) is 13.1 Å². The van der Waals surface area contributed by atoms with Gasteiger partial charge in [0.2, 0.25) is 0 Å². The largest absolute Gasteiger partial charge is 0.368 e. The highest BCUT2D eigenvalue weighted by Gasteiger charge is 2.48. The van der Waals surface area contributed by atoms with E-state index in [1.54, 1.807) is 0 Å². The summed E-state index contributed by atoms with van der Waals surface area (Å²) in [6.07, 6.45) is 1.05. The SMILES string of the molecule is O=C([C@@H]1CCCO1)N1CC(F)(F)C1. The van der Waals surface area contributed by atoms with E-state index in [-0.39, 0.29) is 5.91 Å². The van der Waals surface area contributed by atoms with Crippen molar-refractivity contribution in [2.75, 3.05) is 19.7 Å². The summed E-state index contributed by atoms with van der Waals surface area (Å²) >= 11 is 0. The zero-order valence-electron chi connectivity index (χ0n) is 7.13. The van der Waals surface area contributed by atoms with Gasteiger partial charge in [-0.15, -0.1) is 0 Å². The molecule has 2 aliphatic rings. The molecule has 0 bridgehead atoms. The number of hydrogen-bond donors (Lipinski definition) is 0. The van der Waals surface area contributed by atoms with Crippen molar-refractivity contribution in [2.45, 2.75) is 24.9 Å². The molecule has 13 heavy (non-hydrogen) atoms. The first kappa shape index (κ1) is 8.87. The van der Waals surface area contributed by atoms with E-state index >= 15 is 0 Å². The van der Waals surface area contributed by atoms with E-state index in [4.69, 9.17) is 4.74 Å². The molecule has 2 rings (SSSR count). The molecule has 0 aromatic carbocycles. The molecule has 0 radical (unpaired) electrons. The first-order valence-electron chi connectivity index (χ1n) is 4.37. The van der Waals surface area contributed by atoms with Crippen molar-refractivity contribution in [1.29, 1.82) is 0 Å². The van der Waals surface area contributed by atoms with Crippen LogP contribution in [0.1, 0.15) is 12.8 Å². The van der Waals surface area contributed by atoms with Crippen molar-refractivity contribution in [1.82, 2.24) is 4.90 Å². The van der Waals surface area contributed by atoms with Crippen LogP contribution in [-0.4, -0.2) is 42.5 Å². The van der Waals surface area contributed by atoms with Crippen LogP contribution in [-0.2, 0) is 9.53 Å². The van der Waals surface area contributed by atoms with Crippen LogP contribution in [0, 0.1) is 0 Å². The van der Waals surface area contributed by atoms with Crippen LogP contribution in [0.4, 0.5) is 8.78 Å². The van der Waals surface area contributed by atoms with Gasteiger partial charge in [-0.2, -0.15) is 0 Å². The molecule has 2 heterocycles. The van der Waals surface area contributed by atoms with Gasteiger partial charge in [0.1, 0.15) is 6.10 Å². The topological polar surface area (TPSA) is 29.5 Å². The Morgan fingerprint density at radius 2 is 2.15 bits per heavy atom. The molecule has 1 amide bonds. The van der Waals surface area contributed by atoms with Crippen LogP contribution in [0.5, 0.6) is 0 Å². The fraction of sp³-hybridized carbons (Fsp3) is 0.875. The van der Waals surface area contributed by atoms with Crippen LogP contribution in [0.3, 0.4) is 0 Å². The zero-order chi connectivity index (χ0) is 9.47. The molecule has 0 unspecified atom stereocenters. The van der Waals surface area contributed by atoms with Crippen LogP contribution >= 0.6 is 0 Å². The first-order chi connectivity index (χ1) is 6.08. The van der Waals surface area contributed by atoms with Crippen LogP contribution < -0.4 is 0 Å². The highest BCUT2D eigenvalue weighted by atomic mass is 19.3. The van der Waals surface area contributed by atoms with E-state index in [1.165, 1.54) is 0 Å². The van der Waals surface area contributed by atoms with Gasteiger partial charge >= 0.3 is 0 Å². The second-order valence-electron chi connectivity index (χ2n) is 3.55. The highest BCUT2D eigenvalue weighted by Crippen LogP contribution is 2.28. The molecule has 2 saturated heterocycles. The fourth-order valence-electron chi connectivity index (χ4n) is 1.64. The number of nitrogens with zero attached hydrogens (tertiary/aromatic N) is 1. The Morgan fingerprint density at radius 3 is 2.62 bits per heavy atom. The lowest BCUT2D eigenvalue weighted by atomic mass is 10.1. The molecule has 0 spiro atoms. The van der Waals surface area contributed by atoms with Crippen molar-refractivity contribution in [3.05, 3.63) is 0 Å².